The van der Waals surface area contributed by atoms with Gasteiger partial charge in [0.15, 0.2) is 11.7 Å². The van der Waals surface area contributed by atoms with Gasteiger partial charge in [-0.25, -0.2) is 0 Å². The summed E-state index contributed by atoms with van der Waals surface area (Å²) in [5.41, 5.74) is 0. The zero-order valence-corrected chi connectivity index (χ0v) is 16.9. The monoisotopic (exact) mass is 464 g/mol. The summed E-state index contributed by atoms with van der Waals surface area (Å²) >= 11 is 0. The van der Waals surface area contributed by atoms with Crippen LogP contribution in [0.15, 0.2) is 27.8 Å². The second-order valence-electron chi connectivity index (χ2n) is 5.32. The smallest absolute Gasteiger partial charge is 0.307 e. The van der Waals surface area contributed by atoms with E-state index in [2.05, 4.69) is 19.9 Å². The second kappa shape index (κ2) is 11.0. The number of guanidine groups is 1. The number of carbonyl (C=O) groups excluding carboxylic acids is 2. The maximum atomic E-state index is 12.3. The van der Waals surface area contributed by atoms with Gasteiger partial charge in [0.05, 0.1) is 26.3 Å². The fourth-order valence-electron chi connectivity index (χ4n) is 2.46. The van der Waals surface area contributed by atoms with E-state index >= 15 is 0 Å². The van der Waals surface area contributed by atoms with Gasteiger partial charge in [-0.3, -0.25) is 14.6 Å². The molecule has 2 rings (SSSR count). The summed E-state index contributed by atoms with van der Waals surface area (Å²) in [6.07, 6.45) is 1.75. The summed E-state index contributed by atoms with van der Waals surface area (Å²) in [6.45, 7) is 5.66. The summed E-state index contributed by atoms with van der Waals surface area (Å²) in [4.78, 5) is 31.8. The Bertz CT molecular complexity index is 569. The van der Waals surface area contributed by atoms with Crippen LogP contribution < -0.4 is 5.32 Å². The average Bonchev–Trinajstić information content (AvgIpc) is 3.15. The molecule has 0 atom stereocenters. The average molecular weight is 464 g/mol. The Labute approximate surface area is 164 Å². The highest BCUT2D eigenvalue weighted by atomic mass is 127. The first-order valence-corrected chi connectivity index (χ1v) is 8.08. The molecule has 1 aromatic rings. The zero-order chi connectivity index (χ0) is 17.4. The Morgan fingerprint density at radius 3 is 2.52 bits per heavy atom. The van der Waals surface area contributed by atoms with Crippen molar-refractivity contribution in [2.45, 2.75) is 13.3 Å². The molecule has 1 saturated heterocycles. The number of nitrogens with zero attached hydrogens (tertiary/aromatic N) is 3. The number of hydrogen-bond acceptors (Lipinski definition) is 5. The van der Waals surface area contributed by atoms with Crippen LogP contribution in [-0.4, -0.2) is 74.0 Å². The number of ether oxygens (including phenoxy) is 1. The quantitative estimate of drug-likeness (QED) is 0.305. The molecular weight excluding hydrogens is 439 g/mol. The lowest BCUT2D eigenvalue weighted by Crippen LogP contribution is -2.53. The number of nitrogens with one attached hydrogen (secondary N) is 1. The Kier molecular flexibility index (Phi) is 9.32. The van der Waals surface area contributed by atoms with E-state index in [4.69, 9.17) is 4.42 Å². The molecule has 1 aromatic heterocycles. The molecule has 9 heteroatoms. The molecule has 25 heavy (non-hydrogen) atoms. The Morgan fingerprint density at radius 2 is 1.96 bits per heavy atom. The summed E-state index contributed by atoms with van der Waals surface area (Å²) in [5, 5.41) is 3.22. The number of methoxy groups -OCH3 is 1. The normalized spacial score (nSPS) is 14.7. The molecule has 0 aliphatic carbocycles. The number of halogens is 1. The Hall–Kier alpha value is -1.78. The fraction of sp³-hybridized carbons (Fsp3) is 0.562. The topological polar surface area (TPSA) is 87.4 Å². The molecule has 1 amide bonds. The van der Waals surface area contributed by atoms with Gasteiger partial charge >= 0.3 is 5.97 Å². The van der Waals surface area contributed by atoms with Crippen molar-refractivity contribution in [1.29, 1.82) is 0 Å². The minimum absolute atomic E-state index is 0. The minimum Gasteiger partial charge on any atom is -0.469 e. The van der Waals surface area contributed by atoms with E-state index in [1.165, 1.54) is 13.4 Å². The third kappa shape index (κ3) is 6.22. The van der Waals surface area contributed by atoms with Gasteiger partial charge in [-0.15, -0.1) is 24.0 Å². The fourth-order valence-corrected chi connectivity index (χ4v) is 2.46. The lowest BCUT2D eigenvalue weighted by atomic mass is 10.3. The second-order valence-corrected chi connectivity index (χ2v) is 5.32. The molecule has 1 fully saturated rings. The lowest BCUT2D eigenvalue weighted by molar-refractivity contribution is -0.140. The van der Waals surface area contributed by atoms with Crippen LogP contribution in [0.5, 0.6) is 0 Å². The number of furan rings is 1. The Morgan fingerprint density at radius 1 is 1.28 bits per heavy atom. The van der Waals surface area contributed by atoms with E-state index in [1.54, 1.807) is 17.0 Å². The van der Waals surface area contributed by atoms with E-state index in [0.29, 0.717) is 38.5 Å². The molecule has 2 heterocycles. The summed E-state index contributed by atoms with van der Waals surface area (Å²) in [7, 11) is 1.37. The van der Waals surface area contributed by atoms with Crippen LogP contribution in [0.4, 0.5) is 0 Å². The third-order valence-electron chi connectivity index (χ3n) is 3.74. The van der Waals surface area contributed by atoms with E-state index in [-0.39, 0.29) is 42.3 Å². The molecule has 1 N–H and O–H groups in total. The largest absolute Gasteiger partial charge is 0.469 e. The van der Waals surface area contributed by atoms with Gasteiger partial charge < -0.3 is 24.3 Å². The van der Waals surface area contributed by atoms with Gasteiger partial charge in [-0.1, -0.05) is 0 Å². The van der Waals surface area contributed by atoms with Crippen molar-refractivity contribution in [2.24, 2.45) is 4.99 Å². The highest BCUT2D eigenvalue weighted by molar-refractivity contribution is 14.0. The first kappa shape index (κ1) is 21.3. The summed E-state index contributed by atoms with van der Waals surface area (Å²) < 4.78 is 9.78. The van der Waals surface area contributed by atoms with Gasteiger partial charge in [0.25, 0.3) is 5.91 Å². The molecule has 0 saturated carbocycles. The molecule has 0 spiro atoms. The van der Waals surface area contributed by atoms with Crippen LogP contribution in [0.25, 0.3) is 0 Å². The minimum atomic E-state index is -0.275. The van der Waals surface area contributed by atoms with E-state index in [0.717, 1.165) is 12.5 Å². The number of carbonyl (C=O) groups is 2. The van der Waals surface area contributed by atoms with Crippen LogP contribution in [0.2, 0.25) is 0 Å². The van der Waals surface area contributed by atoms with Gasteiger partial charge in [0.1, 0.15) is 0 Å². The van der Waals surface area contributed by atoms with Crippen molar-refractivity contribution in [3.05, 3.63) is 24.2 Å². The maximum Gasteiger partial charge on any atom is 0.307 e. The number of aliphatic imine (C=N–C) groups is 1. The first-order valence-electron chi connectivity index (χ1n) is 8.08. The Balaban J connectivity index is 0.00000312. The van der Waals surface area contributed by atoms with Crippen LogP contribution in [0, 0.1) is 0 Å². The van der Waals surface area contributed by atoms with Gasteiger partial charge in [-0.05, 0) is 19.1 Å². The van der Waals surface area contributed by atoms with Crippen molar-refractivity contribution < 1.29 is 18.7 Å². The molecule has 0 unspecified atom stereocenters. The van der Waals surface area contributed by atoms with Crippen molar-refractivity contribution in [3.63, 3.8) is 0 Å². The SMILES string of the molecule is CCNC(=NCCC(=O)OC)N1CCN(C(=O)c2ccco2)CC1.I. The highest BCUT2D eigenvalue weighted by Gasteiger charge is 2.25. The van der Waals surface area contributed by atoms with Crippen LogP contribution in [-0.2, 0) is 9.53 Å². The molecule has 8 nitrogen and oxygen atoms in total. The van der Waals surface area contributed by atoms with Gasteiger partial charge in [-0.2, -0.15) is 0 Å². The molecule has 1 aliphatic rings. The predicted octanol–water partition coefficient (Wildman–Crippen LogP) is 1.18. The number of hydrogen-bond donors (Lipinski definition) is 1. The number of rotatable bonds is 5. The zero-order valence-electron chi connectivity index (χ0n) is 14.6. The van der Waals surface area contributed by atoms with Crippen LogP contribution in [0.1, 0.15) is 23.9 Å². The van der Waals surface area contributed by atoms with Gasteiger partial charge in [0, 0.05) is 32.7 Å². The van der Waals surface area contributed by atoms with Crippen LogP contribution in [0.3, 0.4) is 0 Å². The van der Waals surface area contributed by atoms with Crippen LogP contribution >= 0.6 is 24.0 Å². The third-order valence-corrected chi connectivity index (χ3v) is 3.74. The van der Waals surface area contributed by atoms with Crippen molar-refractivity contribution in [3.8, 4) is 0 Å². The van der Waals surface area contributed by atoms with Crippen molar-refractivity contribution in [1.82, 2.24) is 15.1 Å². The molecular formula is C16H25IN4O4. The summed E-state index contributed by atoms with van der Waals surface area (Å²) in [6, 6.07) is 3.38. The maximum absolute atomic E-state index is 12.3. The molecule has 0 aromatic carbocycles. The number of esters is 1. The molecule has 0 bridgehead atoms. The standard InChI is InChI=1S/C16H24N4O4.HI/c1-3-17-16(18-7-6-14(21)23-2)20-10-8-19(9-11-20)15(22)13-5-4-12-24-13;/h4-5,12H,3,6-11H2,1-2H3,(H,17,18);1H. The lowest BCUT2D eigenvalue weighted by Gasteiger charge is -2.36. The number of piperazine rings is 1. The number of amides is 1. The van der Waals surface area contributed by atoms with E-state index in [1.807, 2.05) is 6.92 Å². The first-order chi connectivity index (χ1) is 11.7. The van der Waals surface area contributed by atoms with Crippen molar-refractivity contribution >= 4 is 41.8 Å². The molecule has 1 aliphatic heterocycles. The van der Waals surface area contributed by atoms with Gasteiger partial charge in [0.2, 0.25) is 0 Å². The summed E-state index contributed by atoms with van der Waals surface area (Å²) in [5.74, 6) is 0.754. The van der Waals surface area contributed by atoms with E-state index < -0.39 is 0 Å². The van der Waals surface area contributed by atoms with Crippen molar-refractivity contribution in [2.75, 3.05) is 46.4 Å². The highest BCUT2D eigenvalue weighted by Crippen LogP contribution is 2.09. The predicted molar refractivity (Wildman–Crippen MR) is 104 cm³/mol. The van der Waals surface area contributed by atoms with E-state index in [9.17, 15) is 9.59 Å². The molecule has 0 radical (unpaired) electrons. The molecule has 140 valence electrons.